The summed E-state index contributed by atoms with van der Waals surface area (Å²) in [6.07, 6.45) is -4.37. The zero-order valence-corrected chi connectivity index (χ0v) is 7.75. The van der Waals surface area contributed by atoms with Gasteiger partial charge in [0, 0.05) is 0 Å². The van der Waals surface area contributed by atoms with E-state index in [1.165, 1.54) is 0 Å². The maximum Gasteiger partial charge on any atom is 0.186 e. The molecule has 13 heavy (non-hydrogen) atoms. The van der Waals surface area contributed by atoms with Crippen molar-refractivity contribution in [2.24, 2.45) is 0 Å². The first kappa shape index (κ1) is 10.9. The fourth-order valence-electron chi connectivity index (χ4n) is 1.17. The Balaban J connectivity index is 2.48. The highest BCUT2D eigenvalue weighted by molar-refractivity contribution is 4.82. The molecule has 0 saturated carbocycles. The molecular weight excluding hydrogens is 176 g/mol. The Hall–Kier alpha value is -0.200. The highest BCUT2D eigenvalue weighted by Gasteiger charge is 2.38. The molecule has 0 bridgehead atoms. The lowest BCUT2D eigenvalue weighted by molar-refractivity contribution is -0.278. The molecule has 1 aliphatic rings. The van der Waals surface area contributed by atoms with Crippen molar-refractivity contribution in [2.75, 3.05) is 6.61 Å². The molecule has 1 heterocycles. The summed E-state index contributed by atoms with van der Waals surface area (Å²) in [6.45, 7) is 3.58. The highest BCUT2D eigenvalue weighted by Crippen LogP contribution is 2.17. The van der Waals surface area contributed by atoms with Crippen LogP contribution in [-0.2, 0) is 9.47 Å². The van der Waals surface area contributed by atoms with Crippen LogP contribution in [0.2, 0.25) is 0 Å². The number of rotatable bonds is 2. The summed E-state index contributed by atoms with van der Waals surface area (Å²) in [5, 5.41) is 27.8. The first-order chi connectivity index (χ1) is 6.02. The standard InChI is InChI=1S/C8H16O5/c1-4(2)13-8-7(11)6(10)5(9)3-12-8/h4-11H,3H2,1-2H3/t5-,6?,7+,8+/m1/s1. The molecule has 4 atom stereocenters. The van der Waals surface area contributed by atoms with E-state index >= 15 is 0 Å². The smallest absolute Gasteiger partial charge is 0.186 e. The SMILES string of the molecule is CC(C)O[C@@H]1OC[C@@H](O)C(O)[C@@H]1O. The van der Waals surface area contributed by atoms with Crippen molar-refractivity contribution in [2.45, 2.75) is 44.6 Å². The highest BCUT2D eigenvalue weighted by atomic mass is 16.7. The van der Waals surface area contributed by atoms with Gasteiger partial charge < -0.3 is 24.8 Å². The largest absolute Gasteiger partial charge is 0.388 e. The average Bonchev–Trinajstić information content (AvgIpc) is 2.06. The van der Waals surface area contributed by atoms with Gasteiger partial charge in [0.05, 0.1) is 12.7 Å². The van der Waals surface area contributed by atoms with Crippen molar-refractivity contribution in [3.8, 4) is 0 Å². The van der Waals surface area contributed by atoms with Crippen LogP contribution in [0.15, 0.2) is 0 Å². The van der Waals surface area contributed by atoms with Gasteiger partial charge in [0.25, 0.3) is 0 Å². The van der Waals surface area contributed by atoms with Crippen molar-refractivity contribution in [1.82, 2.24) is 0 Å². The predicted molar refractivity (Wildman–Crippen MR) is 44.0 cm³/mol. The summed E-state index contributed by atoms with van der Waals surface area (Å²) in [5.74, 6) is 0. The third kappa shape index (κ3) is 2.62. The van der Waals surface area contributed by atoms with Crippen molar-refractivity contribution in [1.29, 1.82) is 0 Å². The molecule has 1 unspecified atom stereocenters. The zero-order valence-electron chi connectivity index (χ0n) is 7.75. The van der Waals surface area contributed by atoms with E-state index in [0.29, 0.717) is 0 Å². The molecule has 0 aromatic heterocycles. The van der Waals surface area contributed by atoms with Gasteiger partial charge in [-0.1, -0.05) is 0 Å². The summed E-state index contributed by atoms with van der Waals surface area (Å²) in [4.78, 5) is 0. The lowest BCUT2D eigenvalue weighted by Crippen LogP contribution is -2.54. The van der Waals surface area contributed by atoms with Crippen molar-refractivity contribution in [3.63, 3.8) is 0 Å². The fourth-order valence-corrected chi connectivity index (χ4v) is 1.17. The summed E-state index contributed by atoms with van der Waals surface area (Å²) >= 11 is 0. The van der Waals surface area contributed by atoms with Crippen LogP contribution < -0.4 is 0 Å². The normalized spacial score (nSPS) is 41.1. The van der Waals surface area contributed by atoms with Crippen LogP contribution in [0, 0.1) is 0 Å². The Morgan fingerprint density at radius 3 is 2.38 bits per heavy atom. The first-order valence-corrected chi connectivity index (χ1v) is 4.33. The van der Waals surface area contributed by atoms with Crippen molar-refractivity contribution >= 4 is 0 Å². The molecule has 1 fully saturated rings. The molecule has 1 saturated heterocycles. The first-order valence-electron chi connectivity index (χ1n) is 4.33. The zero-order chi connectivity index (χ0) is 10.0. The van der Waals surface area contributed by atoms with Gasteiger partial charge in [-0.3, -0.25) is 0 Å². The third-order valence-corrected chi connectivity index (χ3v) is 1.86. The lowest BCUT2D eigenvalue weighted by atomic mass is 10.1. The van der Waals surface area contributed by atoms with E-state index in [9.17, 15) is 10.2 Å². The molecule has 5 heteroatoms. The summed E-state index contributed by atoms with van der Waals surface area (Å²) in [5.41, 5.74) is 0. The summed E-state index contributed by atoms with van der Waals surface area (Å²) < 4.78 is 10.2. The third-order valence-electron chi connectivity index (χ3n) is 1.86. The minimum absolute atomic E-state index is 0.0182. The second-order valence-electron chi connectivity index (χ2n) is 3.44. The molecule has 0 radical (unpaired) electrons. The van der Waals surface area contributed by atoms with E-state index in [4.69, 9.17) is 14.6 Å². The van der Waals surface area contributed by atoms with Gasteiger partial charge in [-0.25, -0.2) is 0 Å². The maximum atomic E-state index is 9.40. The Labute approximate surface area is 76.9 Å². The molecule has 0 amide bonds. The maximum absolute atomic E-state index is 9.40. The van der Waals surface area contributed by atoms with E-state index < -0.39 is 24.6 Å². The summed E-state index contributed by atoms with van der Waals surface area (Å²) in [7, 11) is 0. The fraction of sp³-hybridized carbons (Fsp3) is 1.00. The van der Waals surface area contributed by atoms with Crippen LogP contribution >= 0.6 is 0 Å². The second-order valence-corrected chi connectivity index (χ2v) is 3.44. The Bertz CT molecular complexity index is 161. The number of hydrogen-bond donors (Lipinski definition) is 3. The Kier molecular flexibility index (Phi) is 3.63. The molecule has 0 spiro atoms. The number of ether oxygens (including phenoxy) is 2. The van der Waals surface area contributed by atoms with Gasteiger partial charge in [-0.2, -0.15) is 0 Å². The topological polar surface area (TPSA) is 79.2 Å². The quantitative estimate of drug-likeness (QED) is 0.515. The van der Waals surface area contributed by atoms with Crippen LogP contribution in [-0.4, -0.2) is 52.6 Å². The number of aliphatic hydroxyl groups is 3. The molecule has 1 rings (SSSR count). The van der Waals surface area contributed by atoms with Crippen LogP contribution in [0.25, 0.3) is 0 Å². The van der Waals surface area contributed by atoms with E-state index in [0.717, 1.165) is 0 Å². The predicted octanol–water partition coefficient (Wildman–Crippen LogP) is -1.15. The summed E-state index contributed by atoms with van der Waals surface area (Å²) in [6, 6.07) is 0. The van der Waals surface area contributed by atoms with Crippen LogP contribution in [0.1, 0.15) is 13.8 Å². The van der Waals surface area contributed by atoms with E-state index in [1.807, 2.05) is 0 Å². The van der Waals surface area contributed by atoms with Crippen LogP contribution in [0.5, 0.6) is 0 Å². The van der Waals surface area contributed by atoms with Gasteiger partial charge in [0.15, 0.2) is 6.29 Å². The van der Waals surface area contributed by atoms with Gasteiger partial charge in [-0.05, 0) is 13.8 Å². The monoisotopic (exact) mass is 192 g/mol. The van der Waals surface area contributed by atoms with Gasteiger partial charge >= 0.3 is 0 Å². The van der Waals surface area contributed by atoms with Crippen LogP contribution in [0.3, 0.4) is 0 Å². The minimum atomic E-state index is -1.20. The average molecular weight is 192 g/mol. The molecular formula is C8H16O5. The molecule has 5 nitrogen and oxygen atoms in total. The molecule has 0 aromatic rings. The van der Waals surface area contributed by atoms with Gasteiger partial charge in [-0.15, -0.1) is 0 Å². The van der Waals surface area contributed by atoms with E-state index in [2.05, 4.69) is 0 Å². The molecule has 0 aliphatic carbocycles. The van der Waals surface area contributed by atoms with Gasteiger partial charge in [0.2, 0.25) is 0 Å². The molecule has 0 aromatic carbocycles. The van der Waals surface area contributed by atoms with Crippen molar-refractivity contribution in [3.05, 3.63) is 0 Å². The molecule has 1 aliphatic heterocycles. The lowest BCUT2D eigenvalue weighted by Gasteiger charge is -2.35. The molecule has 78 valence electrons. The number of hydrogen-bond acceptors (Lipinski definition) is 5. The number of aliphatic hydroxyl groups excluding tert-OH is 3. The molecule has 3 N–H and O–H groups in total. The van der Waals surface area contributed by atoms with Crippen molar-refractivity contribution < 1.29 is 24.8 Å². The minimum Gasteiger partial charge on any atom is -0.388 e. The van der Waals surface area contributed by atoms with E-state index in [1.54, 1.807) is 13.8 Å². The Morgan fingerprint density at radius 2 is 1.85 bits per heavy atom. The van der Waals surface area contributed by atoms with E-state index in [-0.39, 0.29) is 12.7 Å². The van der Waals surface area contributed by atoms with Gasteiger partial charge in [0.1, 0.15) is 18.3 Å². The van der Waals surface area contributed by atoms with Crippen LogP contribution in [0.4, 0.5) is 0 Å². The Morgan fingerprint density at radius 1 is 1.23 bits per heavy atom. The second kappa shape index (κ2) is 4.34.